The second-order valence-electron chi connectivity index (χ2n) is 8.78. The van der Waals surface area contributed by atoms with E-state index in [-0.39, 0.29) is 30.2 Å². The van der Waals surface area contributed by atoms with Crippen LogP contribution < -0.4 is 15.4 Å². The predicted octanol–water partition coefficient (Wildman–Crippen LogP) is 2.52. The summed E-state index contributed by atoms with van der Waals surface area (Å²) in [5.74, 6) is -1.99. The molecule has 5 heterocycles. The Kier molecular flexibility index (Phi) is 4.88. The van der Waals surface area contributed by atoms with Gasteiger partial charge in [-0.3, -0.25) is 19.9 Å². The lowest BCUT2D eigenvalue weighted by Crippen LogP contribution is -2.52. The molecule has 3 aliphatic rings. The summed E-state index contributed by atoms with van der Waals surface area (Å²) in [6, 6.07) is 7.47. The fraction of sp³-hybridized carbons (Fsp3) is 0.240. The Balaban J connectivity index is 1.38. The van der Waals surface area contributed by atoms with Crippen LogP contribution in [-0.2, 0) is 16.9 Å². The number of amides is 4. The molecule has 0 saturated carbocycles. The average molecular weight is 489 g/mol. The fourth-order valence-electron chi connectivity index (χ4n) is 4.83. The quantitative estimate of drug-likeness (QED) is 0.531. The van der Waals surface area contributed by atoms with Crippen molar-refractivity contribution in [3.8, 4) is 5.75 Å². The number of rotatable bonds is 5. The smallest absolute Gasteiger partial charge is 0.322 e. The molecule has 2 aromatic heterocycles. The first-order valence-corrected chi connectivity index (χ1v) is 11.3. The number of dihydropyridines is 1. The minimum Gasteiger partial charge on any atom is -0.494 e. The molecular weight excluding hydrogens is 469 g/mol. The van der Waals surface area contributed by atoms with Gasteiger partial charge in [0, 0.05) is 25.4 Å². The third-order valence-electron chi connectivity index (χ3n) is 6.66. The maximum absolute atomic E-state index is 14.8. The Labute approximate surface area is 203 Å². The molecule has 3 aromatic rings. The van der Waals surface area contributed by atoms with Gasteiger partial charge in [0.05, 0.1) is 24.9 Å². The van der Waals surface area contributed by atoms with E-state index in [0.717, 1.165) is 17.7 Å². The molecule has 10 nitrogen and oxygen atoms in total. The summed E-state index contributed by atoms with van der Waals surface area (Å²) in [7, 11) is 1.31. The third-order valence-corrected chi connectivity index (χ3v) is 6.66. The molecule has 1 unspecified atom stereocenters. The molecule has 0 bridgehead atoms. The summed E-state index contributed by atoms with van der Waals surface area (Å²) in [6.07, 6.45) is 4.39. The van der Waals surface area contributed by atoms with E-state index in [4.69, 9.17) is 9.15 Å². The maximum Gasteiger partial charge on any atom is 0.322 e. The van der Waals surface area contributed by atoms with Gasteiger partial charge in [-0.1, -0.05) is 6.07 Å². The number of allylic oxidation sites excluding steroid dienone is 1. The van der Waals surface area contributed by atoms with Gasteiger partial charge in [0.1, 0.15) is 11.3 Å². The summed E-state index contributed by atoms with van der Waals surface area (Å²) in [5, 5.41) is 4.85. The standard InChI is InChI=1S/C25H20FN5O5/c1-35-18-4-2-14-11-31(22(32)20(14)21(18)26)12-25(23(33)29-24(34)30-25)19-10-16-17(36-19)5-3-15(28-16)13-6-8-27-9-7-13/h2-6,8,10H,7,9,11-12H2,1H3,(H2,29,30,33,34). The van der Waals surface area contributed by atoms with Crippen molar-refractivity contribution in [2.24, 2.45) is 4.99 Å². The van der Waals surface area contributed by atoms with E-state index in [2.05, 4.69) is 20.6 Å². The van der Waals surface area contributed by atoms with Crippen LogP contribution in [-0.4, -0.2) is 54.1 Å². The lowest BCUT2D eigenvalue weighted by atomic mass is 9.95. The summed E-state index contributed by atoms with van der Waals surface area (Å²) >= 11 is 0. The molecule has 182 valence electrons. The highest BCUT2D eigenvalue weighted by Gasteiger charge is 2.53. The molecule has 2 N–H and O–H groups in total. The number of ether oxygens (including phenoxy) is 1. The number of carbonyl (C=O) groups excluding carboxylic acids is 3. The monoisotopic (exact) mass is 489 g/mol. The molecule has 1 atom stereocenters. The largest absolute Gasteiger partial charge is 0.494 e. The summed E-state index contributed by atoms with van der Waals surface area (Å²) < 4.78 is 25.8. The van der Waals surface area contributed by atoms with E-state index in [9.17, 15) is 18.8 Å². The lowest BCUT2D eigenvalue weighted by molar-refractivity contribution is -0.125. The van der Waals surface area contributed by atoms with Crippen molar-refractivity contribution >= 4 is 40.7 Å². The SMILES string of the molecule is COc1ccc2c(c1F)C(=O)N(CC1(c3cc4nc(C5=CC=NCC5)ccc4o3)NC(=O)NC1=O)C2. The second kappa shape index (κ2) is 8.01. The number of furan rings is 1. The molecule has 1 fully saturated rings. The van der Waals surface area contributed by atoms with Crippen LogP contribution in [0.1, 0.15) is 33.8 Å². The number of fused-ring (bicyclic) bond motifs is 2. The van der Waals surface area contributed by atoms with Gasteiger partial charge in [-0.15, -0.1) is 0 Å². The first kappa shape index (κ1) is 22.0. The number of benzene rings is 1. The Morgan fingerprint density at radius 3 is 2.81 bits per heavy atom. The summed E-state index contributed by atoms with van der Waals surface area (Å²) in [5.41, 5.74) is 1.31. The Morgan fingerprint density at radius 1 is 1.22 bits per heavy atom. The van der Waals surface area contributed by atoms with Crippen LogP contribution in [0.5, 0.6) is 5.75 Å². The minimum absolute atomic E-state index is 0.0518. The number of nitrogens with one attached hydrogen (secondary N) is 2. The lowest BCUT2D eigenvalue weighted by Gasteiger charge is -2.28. The third kappa shape index (κ3) is 3.27. The van der Waals surface area contributed by atoms with Crippen molar-refractivity contribution in [1.82, 2.24) is 20.5 Å². The van der Waals surface area contributed by atoms with Crippen molar-refractivity contribution in [1.29, 1.82) is 0 Å². The summed E-state index contributed by atoms with van der Waals surface area (Å²) in [4.78, 5) is 48.6. The molecule has 11 heteroatoms. The Hall–Kier alpha value is -4.54. The maximum atomic E-state index is 14.8. The highest BCUT2D eigenvalue weighted by atomic mass is 19.1. The number of aromatic nitrogens is 1. The van der Waals surface area contributed by atoms with E-state index < -0.39 is 29.2 Å². The van der Waals surface area contributed by atoms with Gasteiger partial charge in [0.2, 0.25) is 0 Å². The Bertz CT molecular complexity index is 1530. The van der Waals surface area contributed by atoms with Crippen LogP contribution in [0.4, 0.5) is 9.18 Å². The number of imide groups is 1. The number of urea groups is 1. The van der Waals surface area contributed by atoms with Gasteiger partial charge in [0.15, 0.2) is 22.7 Å². The molecule has 0 aliphatic carbocycles. The van der Waals surface area contributed by atoms with Gasteiger partial charge in [-0.2, -0.15) is 0 Å². The molecule has 1 saturated heterocycles. The Morgan fingerprint density at radius 2 is 2.08 bits per heavy atom. The summed E-state index contributed by atoms with van der Waals surface area (Å²) in [6.45, 7) is 0.461. The van der Waals surface area contributed by atoms with Gasteiger partial charge >= 0.3 is 6.03 Å². The zero-order valence-corrected chi connectivity index (χ0v) is 19.1. The molecule has 3 aliphatic heterocycles. The molecular formula is C25H20FN5O5. The highest BCUT2D eigenvalue weighted by Crippen LogP contribution is 2.36. The van der Waals surface area contributed by atoms with Crippen molar-refractivity contribution in [2.45, 2.75) is 18.5 Å². The van der Waals surface area contributed by atoms with E-state index >= 15 is 0 Å². The van der Waals surface area contributed by atoms with Crippen LogP contribution in [0, 0.1) is 5.82 Å². The zero-order valence-electron chi connectivity index (χ0n) is 19.1. The molecule has 6 rings (SSSR count). The van der Waals surface area contributed by atoms with Crippen LogP contribution in [0.2, 0.25) is 0 Å². The van der Waals surface area contributed by atoms with Crippen LogP contribution in [0.25, 0.3) is 16.7 Å². The molecule has 1 aromatic carbocycles. The predicted molar refractivity (Wildman–Crippen MR) is 126 cm³/mol. The van der Waals surface area contributed by atoms with Crippen molar-refractivity contribution in [2.75, 3.05) is 20.2 Å². The molecule has 4 amide bonds. The number of hydrogen-bond donors (Lipinski definition) is 2. The van der Waals surface area contributed by atoms with E-state index in [1.54, 1.807) is 24.4 Å². The number of hydrogen-bond acceptors (Lipinski definition) is 7. The first-order chi connectivity index (χ1) is 17.4. The van der Waals surface area contributed by atoms with Crippen LogP contribution >= 0.6 is 0 Å². The van der Waals surface area contributed by atoms with Gasteiger partial charge < -0.3 is 19.4 Å². The van der Waals surface area contributed by atoms with E-state index in [1.165, 1.54) is 18.1 Å². The molecule has 0 spiro atoms. The van der Waals surface area contributed by atoms with Crippen LogP contribution in [0.3, 0.4) is 0 Å². The minimum atomic E-state index is -1.72. The number of methoxy groups -OCH3 is 1. The van der Waals surface area contributed by atoms with Gasteiger partial charge in [0.25, 0.3) is 11.8 Å². The van der Waals surface area contributed by atoms with E-state index in [1.807, 2.05) is 12.1 Å². The molecule has 36 heavy (non-hydrogen) atoms. The normalized spacial score (nSPS) is 21.0. The fourth-order valence-corrected chi connectivity index (χ4v) is 4.83. The van der Waals surface area contributed by atoms with Gasteiger partial charge in [-0.05, 0) is 41.8 Å². The molecule has 0 radical (unpaired) electrons. The second-order valence-corrected chi connectivity index (χ2v) is 8.78. The number of aliphatic imine (C=N–C) groups is 1. The van der Waals surface area contributed by atoms with Crippen molar-refractivity contribution in [3.05, 3.63) is 64.8 Å². The number of halogens is 1. The number of nitrogens with zero attached hydrogens (tertiary/aromatic N) is 3. The van der Waals surface area contributed by atoms with Crippen molar-refractivity contribution < 1.29 is 27.9 Å². The highest BCUT2D eigenvalue weighted by molar-refractivity contribution is 6.08. The topological polar surface area (TPSA) is 126 Å². The number of pyridine rings is 1. The zero-order chi connectivity index (χ0) is 25.0. The van der Waals surface area contributed by atoms with Crippen molar-refractivity contribution in [3.63, 3.8) is 0 Å². The van der Waals surface area contributed by atoms with E-state index in [0.29, 0.717) is 23.2 Å². The van der Waals surface area contributed by atoms with Crippen LogP contribution in [0.15, 0.2) is 45.8 Å². The number of carbonyl (C=O) groups is 3. The average Bonchev–Trinajstić information content (AvgIpc) is 3.53. The van der Waals surface area contributed by atoms with Gasteiger partial charge in [-0.25, -0.2) is 14.2 Å². The first-order valence-electron chi connectivity index (χ1n) is 11.3.